The van der Waals surface area contributed by atoms with Crippen LogP contribution in [0.25, 0.3) is 33.3 Å². The number of carbonyl (C=O) groups excluding carboxylic acids is 1. The first-order valence-electron chi connectivity index (χ1n) is 10.8. The molecule has 3 heterocycles. The largest absolute Gasteiger partial charge is 0.394 e. The van der Waals surface area contributed by atoms with Crippen molar-refractivity contribution in [2.45, 2.75) is 6.54 Å². The van der Waals surface area contributed by atoms with E-state index in [2.05, 4.69) is 25.8 Å². The van der Waals surface area contributed by atoms with Crippen LogP contribution in [0.4, 0.5) is 4.39 Å². The topological polar surface area (TPSA) is 135 Å². The number of aliphatic hydroxyl groups is 1. The normalized spacial score (nSPS) is 11.3. The van der Waals surface area contributed by atoms with Crippen LogP contribution in [0.3, 0.4) is 0 Å². The highest BCUT2D eigenvalue weighted by atomic mass is 35.5. The van der Waals surface area contributed by atoms with Gasteiger partial charge in [0.1, 0.15) is 11.3 Å². The van der Waals surface area contributed by atoms with Gasteiger partial charge in [-0.3, -0.25) is 14.4 Å². The van der Waals surface area contributed by atoms with E-state index in [1.807, 2.05) is 0 Å². The molecule has 3 aromatic heterocycles. The minimum absolute atomic E-state index is 0.0459. The van der Waals surface area contributed by atoms with Crippen molar-refractivity contribution >= 4 is 39.6 Å². The Labute approximate surface area is 207 Å². The summed E-state index contributed by atoms with van der Waals surface area (Å²) in [6.07, 6.45) is 0. The number of aliphatic hydroxyl groups excluding tert-OH is 1. The third-order valence-corrected chi connectivity index (χ3v) is 5.75. The molecule has 12 heteroatoms. The fourth-order valence-corrected chi connectivity index (χ4v) is 3.97. The van der Waals surface area contributed by atoms with E-state index < -0.39 is 11.7 Å². The Morgan fingerprint density at radius 1 is 1.17 bits per heavy atom. The molecule has 2 aromatic carbocycles. The lowest BCUT2D eigenvalue weighted by molar-refractivity contribution is 0.0168. The summed E-state index contributed by atoms with van der Waals surface area (Å²) in [7, 11) is 0. The van der Waals surface area contributed by atoms with E-state index >= 15 is 0 Å². The minimum Gasteiger partial charge on any atom is -0.394 e. The van der Waals surface area contributed by atoms with Gasteiger partial charge in [0, 0.05) is 17.2 Å². The summed E-state index contributed by atoms with van der Waals surface area (Å²) >= 11 is 6.31. The Kier molecular flexibility index (Phi) is 6.42. The van der Waals surface area contributed by atoms with Crippen LogP contribution in [-0.2, 0) is 11.4 Å². The first-order valence-corrected chi connectivity index (χ1v) is 11.2. The number of fused-ring (bicyclic) bond motifs is 2. The fraction of sp³-hybridized carbons (Fsp3) is 0.125. The molecule has 1 amide bonds. The van der Waals surface area contributed by atoms with Crippen LogP contribution >= 0.6 is 11.6 Å². The fourth-order valence-electron chi connectivity index (χ4n) is 3.70. The van der Waals surface area contributed by atoms with E-state index in [0.717, 1.165) is 0 Å². The Morgan fingerprint density at radius 3 is 2.83 bits per heavy atom. The van der Waals surface area contributed by atoms with Crippen molar-refractivity contribution in [2.75, 3.05) is 13.2 Å². The molecule has 0 radical (unpaired) electrons. The van der Waals surface area contributed by atoms with Crippen LogP contribution in [0, 0.1) is 5.82 Å². The summed E-state index contributed by atoms with van der Waals surface area (Å²) in [5.74, 6) is -1.04. The van der Waals surface area contributed by atoms with Gasteiger partial charge < -0.3 is 10.1 Å². The zero-order valence-corrected chi connectivity index (χ0v) is 19.3. The molecule has 182 valence electrons. The number of hydrogen-bond acceptors (Lipinski definition) is 7. The summed E-state index contributed by atoms with van der Waals surface area (Å²) in [5, 5.41) is 17.8. The summed E-state index contributed by atoms with van der Waals surface area (Å²) in [5.41, 5.74) is 5.00. The summed E-state index contributed by atoms with van der Waals surface area (Å²) < 4.78 is 16.2. The quantitative estimate of drug-likeness (QED) is 0.227. The second kappa shape index (κ2) is 9.82. The van der Waals surface area contributed by atoms with Crippen LogP contribution in [0.1, 0.15) is 15.9 Å². The van der Waals surface area contributed by atoms with Crippen molar-refractivity contribution in [1.82, 2.24) is 30.4 Å². The Balaban J connectivity index is 1.45. The first-order chi connectivity index (χ1) is 17.4. The van der Waals surface area contributed by atoms with E-state index in [-0.39, 0.29) is 35.9 Å². The molecule has 36 heavy (non-hydrogen) atoms. The van der Waals surface area contributed by atoms with Crippen LogP contribution in [-0.4, -0.2) is 49.2 Å². The number of pyridine rings is 2. The van der Waals surface area contributed by atoms with E-state index in [4.69, 9.17) is 21.5 Å². The predicted molar refractivity (Wildman–Crippen MR) is 130 cm³/mol. The first kappa shape index (κ1) is 23.5. The highest BCUT2D eigenvalue weighted by Gasteiger charge is 2.15. The molecule has 5 aromatic rings. The van der Waals surface area contributed by atoms with Gasteiger partial charge in [-0.25, -0.2) is 19.5 Å². The monoisotopic (exact) mass is 508 g/mol. The van der Waals surface area contributed by atoms with Crippen LogP contribution in [0.2, 0.25) is 5.02 Å². The van der Waals surface area contributed by atoms with E-state index in [1.165, 1.54) is 22.9 Å². The van der Waals surface area contributed by atoms with Gasteiger partial charge in [0.2, 0.25) is 5.56 Å². The molecule has 0 bridgehead atoms. The van der Waals surface area contributed by atoms with Crippen molar-refractivity contribution in [2.24, 2.45) is 0 Å². The lowest BCUT2D eigenvalue weighted by Crippen LogP contribution is -2.25. The smallest absolute Gasteiger partial charge is 0.276 e. The SMILES string of the molecule is O=C(NOCCO)c1ccc(-c2ccc3nnn(Cc4cc5ccc(=O)[nH]c5cc4F)c3n2)cc1Cl. The lowest BCUT2D eigenvalue weighted by atomic mass is 10.1. The summed E-state index contributed by atoms with van der Waals surface area (Å²) in [6, 6.07) is 14.2. The number of H-pyrrole nitrogens is 1. The van der Waals surface area contributed by atoms with Gasteiger partial charge in [-0.1, -0.05) is 22.9 Å². The molecule has 0 unspecified atom stereocenters. The number of benzene rings is 2. The summed E-state index contributed by atoms with van der Waals surface area (Å²) in [4.78, 5) is 35.8. The number of hydrogen-bond donors (Lipinski definition) is 3. The molecule has 0 saturated carbocycles. The third kappa shape index (κ3) is 4.67. The average Bonchev–Trinajstić information content (AvgIpc) is 3.26. The van der Waals surface area contributed by atoms with Gasteiger partial charge >= 0.3 is 0 Å². The van der Waals surface area contributed by atoms with Crippen molar-refractivity contribution in [3.8, 4) is 11.3 Å². The summed E-state index contributed by atoms with van der Waals surface area (Å²) in [6.45, 7) is -0.210. The lowest BCUT2D eigenvalue weighted by Gasteiger charge is -2.09. The molecule has 0 aliphatic rings. The molecular formula is C24H18ClFN6O4. The molecular weight excluding hydrogens is 491 g/mol. The van der Waals surface area contributed by atoms with Gasteiger partial charge in [0.05, 0.1) is 41.6 Å². The van der Waals surface area contributed by atoms with Gasteiger partial charge in [-0.2, -0.15) is 0 Å². The molecule has 0 saturated heterocycles. The molecule has 5 rings (SSSR count). The molecule has 0 atom stereocenters. The number of aromatic nitrogens is 5. The number of nitrogens with one attached hydrogen (secondary N) is 2. The maximum Gasteiger partial charge on any atom is 0.276 e. The zero-order chi connectivity index (χ0) is 25.2. The molecule has 0 aliphatic heterocycles. The zero-order valence-electron chi connectivity index (χ0n) is 18.5. The van der Waals surface area contributed by atoms with Gasteiger partial charge in [0.25, 0.3) is 5.91 Å². The van der Waals surface area contributed by atoms with Crippen molar-refractivity contribution < 1.29 is 19.1 Å². The number of halogens is 2. The van der Waals surface area contributed by atoms with Crippen molar-refractivity contribution in [3.05, 3.63) is 86.9 Å². The van der Waals surface area contributed by atoms with E-state index in [1.54, 1.807) is 36.4 Å². The standard InChI is InChI=1S/C24H18ClFN6O4/c25-17-10-14(1-3-16(17)24(35)30-36-8-7-33)19-4-5-20-23(28-19)32(31-29-20)12-15-9-13-2-6-22(34)27-21(13)11-18(15)26/h1-6,9-11,33H,7-8,12H2,(H,27,34)(H,30,35). The second-order valence-electron chi connectivity index (χ2n) is 7.84. The van der Waals surface area contributed by atoms with Crippen LogP contribution < -0.4 is 11.0 Å². The van der Waals surface area contributed by atoms with Crippen molar-refractivity contribution in [3.63, 3.8) is 0 Å². The van der Waals surface area contributed by atoms with E-state index in [0.29, 0.717) is 38.9 Å². The number of amides is 1. The number of rotatable bonds is 7. The maximum absolute atomic E-state index is 14.8. The number of nitrogens with zero attached hydrogens (tertiary/aromatic N) is 4. The maximum atomic E-state index is 14.8. The van der Waals surface area contributed by atoms with Crippen molar-refractivity contribution in [1.29, 1.82) is 0 Å². The Hall–Kier alpha value is -4.19. The molecule has 0 aliphatic carbocycles. The second-order valence-corrected chi connectivity index (χ2v) is 8.24. The third-order valence-electron chi connectivity index (χ3n) is 5.44. The average molecular weight is 509 g/mol. The van der Waals surface area contributed by atoms with Crippen LogP contribution in [0.15, 0.2) is 59.4 Å². The minimum atomic E-state index is -0.549. The predicted octanol–water partition coefficient (Wildman–Crippen LogP) is 2.83. The highest BCUT2D eigenvalue weighted by Crippen LogP contribution is 2.26. The molecule has 0 spiro atoms. The van der Waals surface area contributed by atoms with Gasteiger partial charge in [0.15, 0.2) is 5.65 Å². The van der Waals surface area contributed by atoms with Gasteiger partial charge in [-0.15, -0.1) is 5.10 Å². The molecule has 0 fully saturated rings. The Morgan fingerprint density at radius 2 is 2.03 bits per heavy atom. The number of carbonyl (C=O) groups is 1. The number of hydroxylamine groups is 1. The molecule has 10 nitrogen and oxygen atoms in total. The molecule has 3 N–H and O–H groups in total. The van der Waals surface area contributed by atoms with E-state index in [9.17, 15) is 14.0 Å². The Bertz CT molecular complexity index is 1670. The number of aromatic amines is 1. The highest BCUT2D eigenvalue weighted by molar-refractivity contribution is 6.34. The van der Waals surface area contributed by atoms with Crippen LogP contribution in [0.5, 0.6) is 0 Å². The van der Waals surface area contributed by atoms with Gasteiger partial charge in [-0.05, 0) is 47.9 Å².